The van der Waals surface area contributed by atoms with Crippen LogP contribution in [-0.4, -0.2) is 20.4 Å². The van der Waals surface area contributed by atoms with E-state index in [0.29, 0.717) is 11.3 Å². The fourth-order valence-corrected chi connectivity index (χ4v) is 2.24. The first-order valence-corrected chi connectivity index (χ1v) is 7.03. The molecular formula is C16H16N4O2. The molecule has 6 heteroatoms. The van der Waals surface area contributed by atoms with Gasteiger partial charge in [-0.15, -0.1) is 0 Å². The van der Waals surface area contributed by atoms with Gasteiger partial charge in [0.05, 0.1) is 16.6 Å². The van der Waals surface area contributed by atoms with E-state index in [1.165, 1.54) is 22.9 Å². The van der Waals surface area contributed by atoms with Crippen molar-refractivity contribution in [3.63, 3.8) is 0 Å². The van der Waals surface area contributed by atoms with Gasteiger partial charge >= 0.3 is 0 Å². The third kappa shape index (κ3) is 2.63. The maximum absolute atomic E-state index is 12.2. The summed E-state index contributed by atoms with van der Waals surface area (Å²) in [5.41, 5.74) is 2.72. The summed E-state index contributed by atoms with van der Waals surface area (Å²) in [6.45, 7) is 2.03. The minimum atomic E-state index is -0.259. The van der Waals surface area contributed by atoms with Crippen LogP contribution in [0.5, 0.6) is 0 Å². The molecule has 0 aliphatic rings. The summed E-state index contributed by atoms with van der Waals surface area (Å²) >= 11 is 0. The summed E-state index contributed by atoms with van der Waals surface area (Å²) < 4.78 is 1.38. The number of aryl methyl sites for hydroxylation is 2. The number of hydrogen-bond donors (Lipinski definition) is 2. The maximum Gasteiger partial charge on any atom is 0.257 e. The predicted octanol–water partition coefficient (Wildman–Crippen LogP) is 2.08. The summed E-state index contributed by atoms with van der Waals surface area (Å²) in [4.78, 5) is 31.2. The molecule has 0 saturated carbocycles. The van der Waals surface area contributed by atoms with Gasteiger partial charge in [-0.1, -0.05) is 6.92 Å². The highest BCUT2D eigenvalue weighted by Crippen LogP contribution is 2.18. The van der Waals surface area contributed by atoms with Crippen molar-refractivity contribution in [1.82, 2.24) is 14.5 Å². The van der Waals surface area contributed by atoms with Crippen molar-refractivity contribution in [2.24, 2.45) is 7.05 Å². The smallest absolute Gasteiger partial charge is 0.257 e. The number of anilines is 1. The second-order valence-corrected chi connectivity index (χ2v) is 5.09. The van der Waals surface area contributed by atoms with Gasteiger partial charge in [0.2, 0.25) is 5.56 Å². The van der Waals surface area contributed by atoms with Crippen LogP contribution in [-0.2, 0) is 13.5 Å². The average molecular weight is 296 g/mol. The molecule has 0 fully saturated rings. The molecule has 0 saturated heterocycles. The number of rotatable bonds is 3. The van der Waals surface area contributed by atoms with E-state index in [4.69, 9.17) is 0 Å². The highest BCUT2D eigenvalue weighted by Gasteiger charge is 2.08. The number of carbonyl (C=O) groups excluding carboxylic acids is 1. The van der Waals surface area contributed by atoms with E-state index in [1.54, 1.807) is 7.05 Å². The van der Waals surface area contributed by atoms with Crippen molar-refractivity contribution in [1.29, 1.82) is 0 Å². The molecule has 0 radical (unpaired) electrons. The number of amides is 1. The SMILES string of the molecule is CCc1nc2ccc(NC(=O)c3ccc(=O)n(C)c3)cc2[nH]1. The molecule has 0 unspecified atom stereocenters. The van der Waals surface area contributed by atoms with Crippen molar-refractivity contribution in [2.75, 3.05) is 5.32 Å². The molecule has 22 heavy (non-hydrogen) atoms. The summed E-state index contributed by atoms with van der Waals surface area (Å²) in [6.07, 6.45) is 2.34. The molecule has 112 valence electrons. The molecule has 2 heterocycles. The van der Waals surface area contributed by atoms with E-state index in [0.717, 1.165) is 23.3 Å². The number of H-pyrrole nitrogens is 1. The van der Waals surface area contributed by atoms with Gasteiger partial charge in [-0.3, -0.25) is 9.59 Å². The highest BCUT2D eigenvalue weighted by atomic mass is 16.2. The monoisotopic (exact) mass is 296 g/mol. The van der Waals surface area contributed by atoms with Crippen LogP contribution in [0.3, 0.4) is 0 Å². The zero-order valence-electron chi connectivity index (χ0n) is 12.4. The largest absolute Gasteiger partial charge is 0.342 e. The quantitative estimate of drug-likeness (QED) is 0.776. The zero-order valence-corrected chi connectivity index (χ0v) is 12.4. The normalized spacial score (nSPS) is 10.8. The fourth-order valence-electron chi connectivity index (χ4n) is 2.24. The first-order valence-electron chi connectivity index (χ1n) is 7.03. The number of hydrogen-bond acceptors (Lipinski definition) is 3. The van der Waals surface area contributed by atoms with Gasteiger partial charge in [0.1, 0.15) is 5.82 Å². The Morgan fingerprint density at radius 2 is 2.14 bits per heavy atom. The lowest BCUT2D eigenvalue weighted by atomic mass is 10.2. The van der Waals surface area contributed by atoms with Gasteiger partial charge in [0.15, 0.2) is 0 Å². The van der Waals surface area contributed by atoms with Crippen molar-refractivity contribution in [3.8, 4) is 0 Å². The van der Waals surface area contributed by atoms with E-state index >= 15 is 0 Å². The Labute approximate surface area is 126 Å². The van der Waals surface area contributed by atoms with Crippen LogP contribution in [0, 0.1) is 0 Å². The summed E-state index contributed by atoms with van der Waals surface area (Å²) in [5.74, 6) is 0.654. The van der Waals surface area contributed by atoms with Gasteiger partial charge in [-0.05, 0) is 24.3 Å². The molecular weight excluding hydrogens is 280 g/mol. The minimum Gasteiger partial charge on any atom is -0.342 e. The lowest BCUT2D eigenvalue weighted by Gasteiger charge is -2.06. The first-order chi connectivity index (χ1) is 10.6. The molecule has 1 amide bonds. The molecule has 1 aromatic carbocycles. The summed E-state index contributed by atoms with van der Waals surface area (Å²) in [6, 6.07) is 8.41. The lowest BCUT2D eigenvalue weighted by molar-refractivity contribution is 0.102. The second kappa shape index (κ2) is 5.48. The van der Waals surface area contributed by atoms with E-state index < -0.39 is 0 Å². The molecule has 3 rings (SSSR count). The summed E-state index contributed by atoms with van der Waals surface area (Å²) in [5, 5.41) is 2.82. The molecule has 0 aliphatic heterocycles. The first kappa shape index (κ1) is 14.1. The van der Waals surface area contributed by atoms with Crippen LogP contribution in [0.15, 0.2) is 41.3 Å². The van der Waals surface area contributed by atoms with Crippen LogP contribution in [0.2, 0.25) is 0 Å². The fraction of sp³-hybridized carbons (Fsp3) is 0.188. The number of pyridine rings is 1. The van der Waals surface area contributed by atoms with Gasteiger partial charge < -0.3 is 14.9 Å². The highest BCUT2D eigenvalue weighted by molar-refractivity contribution is 6.04. The molecule has 0 spiro atoms. The Bertz CT molecular complexity index is 908. The van der Waals surface area contributed by atoms with E-state index in [-0.39, 0.29) is 11.5 Å². The number of aromatic amines is 1. The standard InChI is InChI=1S/C16H16N4O2/c1-3-14-18-12-6-5-11(8-13(12)19-14)17-16(22)10-4-7-15(21)20(2)9-10/h4-9H,3H2,1-2H3,(H,17,22)(H,18,19). The third-order valence-electron chi connectivity index (χ3n) is 3.47. The van der Waals surface area contributed by atoms with Crippen LogP contribution in [0.4, 0.5) is 5.69 Å². The van der Waals surface area contributed by atoms with Crippen molar-refractivity contribution in [2.45, 2.75) is 13.3 Å². The van der Waals surface area contributed by atoms with Crippen LogP contribution in [0.25, 0.3) is 11.0 Å². The molecule has 2 aromatic heterocycles. The minimum absolute atomic E-state index is 0.150. The Balaban J connectivity index is 1.86. The number of benzene rings is 1. The zero-order chi connectivity index (χ0) is 15.7. The Kier molecular flexibility index (Phi) is 3.50. The third-order valence-corrected chi connectivity index (χ3v) is 3.47. The van der Waals surface area contributed by atoms with Crippen LogP contribution < -0.4 is 10.9 Å². The van der Waals surface area contributed by atoms with Gasteiger partial charge in [0.25, 0.3) is 5.91 Å². The van der Waals surface area contributed by atoms with Gasteiger partial charge in [-0.25, -0.2) is 4.98 Å². The topological polar surface area (TPSA) is 79.8 Å². The second-order valence-electron chi connectivity index (χ2n) is 5.09. The van der Waals surface area contributed by atoms with E-state index in [9.17, 15) is 9.59 Å². The Morgan fingerprint density at radius 1 is 1.32 bits per heavy atom. The van der Waals surface area contributed by atoms with Gasteiger partial charge in [-0.2, -0.15) is 0 Å². The van der Waals surface area contributed by atoms with E-state index in [2.05, 4.69) is 15.3 Å². The molecule has 0 atom stereocenters. The molecule has 3 aromatic rings. The van der Waals surface area contributed by atoms with Crippen molar-refractivity contribution < 1.29 is 4.79 Å². The Hall–Kier alpha value is -2.89. The molecule has 6 nitrogen and oxygen atoms in total. The molecule has 2 N–H and O–H groups in total. The predicted molar refractivity (Wildman–Crippen MR) is 85.1 cm³/mol. The van der Waals surface area contributed by atoms with Gasteiger partial charge in [0, 0.05) is 31.4 Å². The Morgan fingerprint density at radius 3 is 2.86 bits per heavy atom. The van der Waals surface area contributed by atoms with Crippen molar-refractivity contribution >= 4 is 22.6 Å². The average Bonchev–Trinajstić information content (AvgIpc) is 2.92. The van der Waals surface area contributed by atoms with Crippen LogP contribution >= 0.6 is 0 Å². The number of imidazole rings is 1. The number of nitrogens with one attached hydrogen (secondary N) is 2. The van der Waals surface area contributed by atoms with E-state index in [1.807, 2.05) is 25.1 Å². The van der Waals surface area contributed by atoms with Crippen molar-refractivity contribution in [3.05, 3.63) is 58.3 Å². The number of carbonyl (C=O) groups is 1. The lowest BCUT2D eigenvalue weighted by Crippen LogP contribution is -2.19. The number of fused-ring (bicyclic) bond motifs is 1. The summed E-state index contributed by atoms with van der Waals surface area (Å²) in [7, 11) is 1.61. The maximum atomic E-state index is 12.2. The molecule has 0 bridgehead atoms. The van der Waals surface area contributed by atoms with Crippen LogP contribution in [0.1, 0.15) is 23.1 Å². The number of nitrogens with zero attached hydrogens (tertiary/aromatic N) is 2. The number of aromatic nitrogens is 3. The molecule has 0 aliphatic carbocycles.